The van der Waals surface area contributed by atoms with Crippen molar-refractivity contribution in [3.8, 4) is 0 Å². The third kappa shape index (κ3) is 9.61. The van der Waals surface area contributed by atoms with Gasteiger partial charge in [0.2, 0.25) is 11.6 Å². The molecule has 0 aromatic heterocycles. The molecule has 0 aliphatic rings. The minimum atomic E-state index is -2.00. The van der Waals surface area contributed by atoms with Crippen LogP contribution in [0.4, 0.5) is 5.69 Å². The number of esters is 1. The molecule has 1 unspecified atom stereocenters. The molecule has 0 saturated heterocycles. The van der Waals surface area contributed by atoms with Gasteiger partial charge < -0.3 is 20.5 Å². The molecule has 3 aromatic rings. The van der Waals surface area contributed by atoms with E-state index in [0.29, 0.717) is 12.1 Å². The third-order valence-electron chi connectivity index (χ3n) is 5.96. The van der Waals surface area contributed by atoms with Gasteiger partial charge in [-0.3, -0.25) is 14.4 Å². The predicted octanol–water partition coefficient (Wildman–Crippen LogP) is 4.66. The van der Waals surface area contributed by atoms with Crippen molar-refractivity contribution in [2.45, 2.75) is 38.5 Å². The van der Waals surface area contributed by atoms with Gasteiger partial charge in [0.25, 0.3) is 0 Å². The molecule has 0 aliphatic carbocycles. The van der Waals surface area contributed by atoms with Gasteiger partial charge in [0.15, 0.2) is 5.12 Å². The van der Waals surface area contributed by atoms with E-state index in [1.165, 1.54) is 6.92 Å². The van der Waals surface area contributed by atoms with Crippen LogP contribution in [0, 0.1) is 5.92 Å². The average molecular weight is 549 g/mol. The Balaban J connectivity index is 1.81. The summed E-state index contributed by atoms with van der Waals surface area (Å²) in [5, 5.41) is 15.8. The molecule has 0 heterocycles. The number of rotatable bonds is 14. The largest absolute Gasteiger partial charge is 0.478 e. The standard InChI is InChI=1S/C30H32N2O6S/c1-22(33)39-21-25(19-23-11-5-2-6-12-23)28(35)32-30(29(36)37,31-26-15-9-4-10-16-26)18-17-27(34)38-20-24-13-7-3-8-14-24/h2-16,25,31H,17-21H2,1H3,(H,32,35)(H,36,37)/t25?,30-/m0/s1. The molecule has 0 bridgehead atoms. The van der Waals surface area contributed by atoms with Gasteiger partial charge in [-0.25, -0.2) is 4.79 Å². The lowest BCUT2D eigenvalue weighted by Gasteiger charge is -2.34. The highest BCUT2D eigenvalue weighted by Crippen LogP contribution is 2.23. The maximum Gasteiger partial charge on any atom is 0.350 e. The Labute approximate surface area is 232 Å². The molecule has 0 saturated carbocycles. The number of hydrogen-bond donors (Lipinski definition) is 3. The number of benzene rings is 3. The number of carbonyl (C=O) groups is 4. The Morgan fingerprint density at radius 2 is 1.44 bits per heavy atom. The van der Waals surface area contributed by atoms with Crippen LogP contribution in [0.15, 0.2) is 91.0 Å². The molecular formula is C30H32N2O6S. The predicted molar refractivity (Wildman–Crippen MR) is 151 cm³/mol. The highest BCUT2D eigenvalue weighted by Gasteiger charge is 2.42. The second-order valence-corrected chi connectivity index (χ2v) is 10.2. The number of carbonyl (C=O) groups excluding carboxylic acids is 3. The summed E-state index contributed by atoms with van der Waals surface area (Å²) in [6.07, 6.45) is -0.216. The summed E-state index contributed by atoms with van der Waals surface area (Å²) in [5.41, 5.74) is 0.136. The quantitative estimate of drug-likeness (QED) is 0.197. The van der Waals surface area contributed by atoms with Crippen molar-refractivity contribution in [2.24, 2.45) is 5.92 Å². The summed E-state index contributed by atoms with van der Waals surface area (Å²) in [7, 11) is 0. The smallest absolute Gasteiger partial charge is 0.350 e. The summed E-state index contributed by atoms with van der Waals surface area (Å²) in [4.78, 5) is 50.5. The zero-order chi connectivity index (χ0) is 28.1. The monoisotopic (exact) mass is 548 g/mol. The second kappa shape index (κ2) is 14.7. The van der Waals surface area contributed by atoms with Gasteiger partial charge in [-0.1, -0.05) is 90.6 Å². The maximum absolute atomic E-state index is 13.6. The number of para-hydroxylation sites is 1. The van der Waals surface area contributed by atoms with Gasteiger partial charge in [0.05, 0.1) is 12.3 Å². The minimum absolute atomic E-state index is 0.0552. The van der Waals surface area contributed by atoms with Gasteiger partial charge in [-0.15, -0.1) is 0 Å². The molecular weight excluding hydrogens is 516 g/mol. The van der Waals surface area contributed by atoms with Crippen LogP contribution in [-0.2, 0) is 36.9 Å². The molecule has 39 heavy (non-hydrogen) atoms. The molecule has 9 heteroatoms. The summed E-state index contributed by atoms with van der Waals surface area (Å²) < 4.78 is 5.34. The lowest BCUT2D eigenvalue weighted by molar-refractivity contribution is -0.149. The fourth-order valence-corrected chi connectivity index (χ4v) is 4.60. The molecule has 0 spiro atoms. The second-order valence-electron chi connectivity index (χ2n) is 9.03. The summed E-state index contributed by atoms with van der Waals surface area (Å²) in [6.45, 7) is 1.47. The van der Waals surface area contributed by atoms with Crippen LogP contribution in [0.1, 0.15) is 30.9 Å². The number of anilines is 1. The molecule has 0 aliphatic heterocycles. The van der Waals surface area contributed by atoms with E-state index in [1.807, 2.05) is 60.7 Å². The Kier molecular flexibility index (Phi) is 11.1. The minimum Gasteiger partial charge on any atom is -0.478 e. The number of amides is 1. The number of thioether (sulfide) groups is 1. The molecule has 0 radical (unpaired) electrons. The normalized spacial score (nSPS) is 12.9. The van der Waals surface area contributed by atoms with Gasteiger partial charge >= 0.3 is 11.9 Å². The first-order chi connectivity index (χ1) is 18.8. The number of nitrogens with one attached hydrogen (secondary N) is 2. The highest BCUT2D eigenvalue weighted by molar-refractivity contribution is 8.13. The van der Waals surface area contributed by atoms with E-state index in [2.05, 4.69) is 10.6 Å². The van der Waals surface area contributed by atoms with E-state index in [4.69, 9.17) is 4.74 Å². The van der Waals surface area contributed by atoms with Crippen molar-refractivity contribution >= 4 is 40.4 Å². The zero-order valence-corrected chi connectivity index (χ0v) is 22.5. The first-order valence-electron chi connectivity index (χ1n) is 12.5. The van der Waals surface area contributed by atoms with Crippen molar-refractivity contribution < 1.29 is 29.0 Å². The van der Waals surface area contributed by atoms with Gasteiger partial charge in [-0.2, -0.15) is 0 Å². The summed E-state index contributed by atoms with van der Waals surface area (Å²) in [5.74, 6) is -3.01. The average Bonchev–Trinajstić information content (AvgIpc) is 2.94. The van der Waals surface area contributed by atoms with E-state index in [0.717, 1.165) is 22.9 Å². The number of aliphatic carboxylic acids is 1. The van der Waals surface area contributed by atoms with Gasteiger partial charge in [0.1, 0.15) is 6.61 Å². The van der Waals surface area contributed by atoms with Gasteiger partial charge in [-0.05, 0) is 29.7 Å². The lowest BCUT2D eigenvalue weighted by atomic mass is 9.97. The van der Waals surface area contributed by atoms with Crippen molar-refractivity contribution in [1.29, 1.82) is 0 Å². The highest BCUT2D eigenvalue weighted by atomic mass is 32.2. The lowest BCUT2D eigenvalue weighted by Crippen LogP contribution is -2.61. The Morgan fingerprint density at radius 3 is 2.00 bits per heavy atom. The van der Waals surface area contributed by atoms with Crippen molar-refractivity contribution in [3.05, 3.63) is 102 Å². The molecule has 2 atom stereocenters. The Hall–Kier alpha value is -4.11. The van der Waals surface area contributed by atoms with Crippen LogP contribution in [0.3, 0.4) is 0 Å². The number of ether oxygens (including phenoxy) is 1. The van der Waals surface area contributed by atoms with E-state index < -0.39 is 29.4 Å². The molecule has 0 fully saturated rings. The molecule has 3 aromatic carbocycles. The van der Waals surface area contributed by atoms with Crippen LogP contribution >= 0.6 is 11.8 Å². The fraction of sp³-hybridized carbons (Fsp3) is 0.267. The molecule has 3 rings (SSSR count). The van der Waals surface area contributed by atoms with Crippen molar-refractivity contribution in [3.63, 3.8) is 0 Å². The Bertz CT molecular complexity index is 1240. The van der Waals surface area contributed by atoms with Crippen LogP contribution in [0.2, 0.25) is 0 Å². The third-order valence-corrected chi connectivity index (χ3v) is 6.94. The summed E-state index contributed by atoms with van der Waals surface area (Å²) in [6, 6.07) is 27.0. The van der Waals surface area contributed by atoms with Crippen LogP contribution in [0.5, 0.6) is 0 Å². The molecule has 3 N–H and O–H groups in total. The van der Waals surface area contributed by atoms with E-state index in [1.54, 1.807) is 30.3 Å². The maximum atomic E-state index is 13.6. The molecule has 8 nitrogen and oxygen atoms in total. The number of carboxylic acid groups (broad SMARTS) is 1. The topological polar surface area (TPSA) is 122 Å². The van der Waals surface area contributed by atoms with Crippen molar-refractivity contribution in [2.75, 3.05) is 11.1 Å². The van der Waals surface area contributed by atoms with E-state index in [-0.39, 0.29) is 30.3 Å². The summed E-state index contributed by atoms with van der Waals surface area (Å²) >= 11 is 1.01. The first-order valence-corrected chi connectivity index (χ1v) is 13.5. The van der Waals surface area contributed by atoms with Gasteiger partial charge in [0, 0.05) is 24.8 Å². The van der Waals surface area contributed by atoms with E-state index in [9.17, 15) is 24.3 Å². The zero-order valence-electron chi connectivity index (χ0n) is 21.7. The number of carboxylic acids is 1. The SMILES string of the molecule is CC(=O)SCC(Cc1ccccc1)C(=O)N[C@](CCC(=O)OCc1ccccc1)(Nc1ccccc1)C(=O)O. The molecule has 204 valence electrons. The Morgan fingerprint density at radius 1 is 0.872 bits per heavy atom. The first kappa shape index (κ1) is 29.4. The van der Waals surface area contributed by atoms with Crippen LogP contribution in [-0.4, -0.2) is 39.5 Å². The fourth-order valence-electron chi connectivity index (χ4n) is 3.89. The van der Waals surface area contributed by atoms with E-state index >= 15 is 0 Å². The molecule has 1 amide bonds. The van der Waals surface area contributed by atoms with Crippen molar-refractivity contribution in [1.82, 2.24) is 5.32 Å². The van der Waals surface area contributed by atoms with Crippen LogP contribution in [0.25, 0.3) is 0 Å². The number of hydrogen-bond acceptors (Lipinski definition) is 7. The van der Waals surface area contributed by atoms with Crippen LogP contribution < -0.4 is 10.6 Å².